The summed E-state index contributed by atoms with van der Waals surface area (Å²) in [5.74, 6) is -0.187. The van der Waals surface area contributed by atoms with Crippen molar-refractivity contribution in [2.75, 3.05) is 6.54 Å². The number of hydrogen-bond donors (Lipinski definition) is 0. The standard InChI is InChI=1S/C15H15ClN4O3/c16-14-8-11(20(22)23)3-4-13(14)15(21)19-6-1-2-12(19)9-18-7-5-17-10-18/h3-5,7-8,10,12H,1-2,6,9H2. The van der Waals surface area contributed by atoms with Crippen LogP contribution in [0.4, 0.5) is 5.69 Å². The van der Waals surface area contributed by atoms with Crippen molar-refractivity contribution < 1.29 is 9.72 Å². The number of aromatic nitrogens is 2. The fraction of sp³-hybridized carbons (Fsp3) is 0.333. The Bertz CT molecular complexity index is 732. The average Bonchev–Trinajstić information content (AvgIpc) is 3.18. The van der Waals surface area contributed by atoms with E-state index in [9.17, 15) is 14.9 Å². The van der Waals surface area contributed by atoms with Gasteiger partial charge in [-0.25, -0.2) is 4.98 Å². The Morgan fingerprint density at radius 3 is 2.96 bits per heavy atom. The van der Waals surface area contributed by atoms with Crippen molar-refractivity contribution in [3.63, 3.8) is 0 Å². The monoisotopic (exact) mass is 334 g/mol. The molecule has 1 atom stereocenters. The zero-order chi connectivity index (χ0) is 16.4. The number of benzene rings is 1. The highest BCUT2D eigenvalue weighted by molar-refractivity contribution is 6.34. The van der Waals surface area contributed by atoms with Gasteiger partial charge in [-0.2, -0.15) is 0 Å². The van der Waals surface area contributed by atoms with Crippen LogP contribution in [0.1, 0.15) is 23.2 Å². The lowest BCUT2D eigenvalue weighted by molar-refractivity contribution is -0.384. The van der Waals surface area contributed by atoms with Gasteiger partial charge < -0.3 is 9.47 Å². The van der Waals surface area contributed by atoms with E-state index < -0.39 is 4.92 Å². The Hall–Kier alpha value is -2.41. The van der Waals surface area contributed by atoms with Crippen molar-refractivity contribution in [1.82, 2.24) is 14.5 Å². The molecule has 8 heteroatoms. The van der Waals surface area contributed by atoms with Gasteiger partial charge in [0.1, 0.15) is 0 Å². The molecule has 1 aliphatic heterocycles. The van der Waals surface area contributed by atoms with Crippen LogP contribution in [0, 0.1) is 10.1 Å². The van der Waals surface area contributed by atoms with Gasteiger partial charge in [0.2, 0.25) is 0 Å². The van der Waals surface area contributed by atoms with Gasteiger partial charge in [0.05, 0.1) is 21.8 Å². The lowest BCUT2D eigenvalue weighted by Crippen LogP contribution is -2.38. The summed E-state index contributed by atoms with van der Waals surface area (Å²) in [7, 11) is 0. The second kappa shape index (κ2) is 6.37. The molecular formula is C15H15ClN4O3. The maximum Gasteiger partial charge on any atom is 0.270 e. The van der Waals surface area contributed by atoms with Gasteiger partial charge >= 0.3 is 0 Å². The summed E-state index contributed by atoms with van der Waals surface area (Å²) < 4.78 is 1.94. The minimum absolute atomic E-state index is 0.0722. The third kappa shape index (κ3) is 3.19. The van der Waals surface area contributed by atoms with Crippen molar-refractivity contribution in [3.8, 4) is 0 Å². The predicted octanol–water partition coefficient (Wildman–Crippen LogP) is 2.75. The number of hydrogen-bond acceptors (Lipinski definition) is 4. The van der Waals surface area contributed by atoms with Crippen LogP contribution in [0.5, 0.6) is 0 Å². The molecule has 1 amide bonds. The van der Waals surface area contributed by atoms with Crippen LogP contribution in [0.25, 0.3) is 0 Å². The number of non-ortho nitro benzene ring substituents is 1. The number of halogens is 1. The molecule has 23 heavy (non-hydrogen) atoms. The third-order valence-electron chi connectivity index (χ3n) is 4.01. The molecule has 3 rings (SSSR count). The van der Waals surface area contributed by atoms with Crippen LogP contribution in [-0.2, 0) is 6.54 Å². The smallest absolute Gasteiger partial charge is 0.270 e. The summed E-state index contributed by atoms with van der Waals surface area (Å²) >= 11 is 6.07. The molecule has 1 aromatic heterocycles. The van der Waals surface area contributed by atoms with Crippen molar-refractivity contribution in [1.29, 1.82) is 0 Å². The van der Waals surface area contributed by atoms with Gasteiger partial charge in [-0.1, -0.05) is 11.6 Å². The van der Waals surface area contributed by atoms with Gasteiger partial charge in [0.15, 0.2) is 0 Å². The molecular weight excluding hydrogens is 320 g/mol. The van der Waals surface area contributed by atoms with E-state index in [-0.39, 0.29) is 22.7 Å². The first-order chi connectivity index (χ1) is 11.1. The zero-order valence-corrected chi connectivity index (χ0v) is 13.0. The van der Waals surface area contributed by atoms with Crippen LogP contribution >= 0.6 is 11.6 Å². The number of nitrogens with zero attached hydrogens (tertiary/aromatic N) is 4. The first kappa shape index (κ1) is 15.5. The van der Waals surface area contributed by atoms with Crippen molar-refractivity contribution in [2.45, 2.75) is 25.4 Å². The molecule has 0 N–H and O–H groups in total. The highest BCUT2D eigenvalue weighted by atomic mass is 35.5. The number of amides is 1. The van der Waals surface area contributed by atoms with Crippen LogP contribution in [0.3, 0.4) is 0 Å². The summed E-state index contributed by atoms with van der Waals surface area (Å²) in [5, 5.41) is 10.9. The average molecular weight is 335 g/mol. The van der Waals surface area contributed by atoms with Crippen molar-refractivity contribution in [2.24, 2.45) is 0 Å². The maximum atomic E-state index is 12.7. The van der Waals surface area contributed by atoms with Gasteiger partial charge in [0.25, 0.3) is 11.6 Å². The molecule has 2 heterocycles. The molecule has 1 unspecified atom stereocenters. The van der Waals surface area contributed by atoms with E-state index in [1.165, 1.54) is 18.2 Å². The molecule has 0 radical (unpaired) electrons. The van der Waals surface area contributed by atoms with Crippen LogP contribution in [0.2, 0.25) is 5.02 Å². The summed E-state index contributed by atoms with van der Waals surface area (Å²) in [6, 6.07) is 4.02. The molecule has 7 nitrogen and oxygen atoms in total. The van der Waals surface area contributed by atoms with Gasteiger partial charge in [-0.05, 0) is 18.9 Å². The van der Waals surface area contributed by atoms with Gasteiger partial charge in [0, 0.05) is 43.7 Å². The molecule has 0 bridgehead atoms. The second-order valence-electron chi connectivity index (χ2n) is 5.48. The summed E-state index contributed by atoms with van der Waals surface area (Å²) in [6.07, 6.45) is 7.12. The second-order valence-corrected chi connectivity index (χ2v) is 5.88. The summed E-state index contributed by atoms with van der Waals surface area (Å²) in [5.41, 5.74) is 0.178. The molecule has 0 aliphatic carbocycles. The quantitative estimate of drug-likeness (QED) is 0.636. The van der Waals surface area contributed by atoms with Gasteiger partial charge in [-0.3, -0.25) is 14.9 Å². The first-order valence-electron chi connectivity index (χ1n) is 7.27. The topological polar surface area (TPSA) is 81.3 Å². The molecule has 0 saturated carbocycles. The normalized spacial score (nSPS) is 17.4. The number of likely N-dealkylation sites (tertiary alicyclic amines) is 1. The SMILES string of the molecule is O=C(c1ccc([N+](=O)[O-])cc1Cl)N1CCCC1Cn1ccnc1. The number of rotatable bonds is 4. The molecule has 120 valence electrons. The maximum absolute atomic E-state index is 12.7. The minimum atomic E-state index is -0.530. The van der Waals surface area contributed by atoms with Crippen molar-refractivity contribution in [3.05, 3.63) is 57.6 Å². The Labute approximate surface area is 137 Å². The Morgan fingerprint density at radius 2 is 2.30 bits per heavy atom. The van der Waals surface area contributed by atoms with Crippen LogP contribution in [-0.4, -0.2) is 37.9 Å². The Balaban J connectivity index is 1.80. The van der Waals surface area contributed by atoms with E-state index in [0.717, 1.165) is 12.8 Å². The lowest BCUT2D eigenvalue weighted by Gasteiger charge is -2.25. The molecule has 1 saturated heterocycles. The molecule has 1 aliphatic rings. The van der Waals surface area contributed by atoms with E-state index in [1.54, 1.807) is 17.4 Å². The summed E-state index contributed by atoms with van der Waals surface area (Å²) in [4.78, 5) is 28.8. The number of nitro benzene ring substituents is 1. The predicted molar refractivity (Wildman–Crippen MR) is 84.4 cm³/mol. The number of carbonyl (C=O) groups excluding carboxylic acids is 1. The zero-order valence-electron chi connectivity index (χ0n) is 12.3. The number of imidazole rings is 1. The highest BCUT2D eigenvalue weighted by Gasteiger charge is 2.31. The molecule has 1 fully saturated rings. The first-order valence-corrected chi connectivity index (χ1v) is 7.64. The lowest BCUT2D eigenvalue weighted by atomic mass is 10.1. The fourth-order valence-corrected chi connectivity index (χ4v) is 3.13. The van der Waals surface area contributed by atoms with E-state index >= 15 is 0 Å². The Morgan fingerprint density at radius 1 is 1.48 bits per heavy atom. The van der Waals surface area contributed by atoms with E-state index in [1.807, 2.05) is 10.8 Å². The molecule has 0 spiro atoms. The van der Waals surface area contributed by atoms with Gasteiger partial charge in [-0.15, -0.1) is 0 Å². The number of carbonyl (C=O) groups is 1. The van der Waals surface area contributed by atoms with E-state index in [2.05, 4.69) is 4.98 Å². The summed E-state index contributed by atoms with van der Waals surface area (Å²) in [6.45, 7) is 1.34. The molecule has 1 aromatic carbocycles. The largest absolute Gasteiger partial charge is 0.335 e. The van der Waals surface area contributed by atoms with Crippen LogP contribution in [0.15, 0.2) is 36.9 Å². The third-order valence-corrected chi connectivity index (χ3v) is 4.33. The minimum Gasteiger partial charge on any atom is -0.335 e. The van der Waals surface area contributed by atoms with Crippen molar-refractivity contribution >= 4 is 23.2 Å². The Kier molecular flexibility index (Phi) is 4.29. The fourth-order valence-electron chi connectivity index (χ4n) is 2.88. The van der Waals surface area contributed by atoms with E-state index in [4.69, 9.17) is 11.6 Å². The molecule has 2 aromatic rings. The van der Waals surface area contributed by atoms with E-state index in [0.29, 0.717) is 18.7 Å². The highest BCUT2D eigenvalue weighted by Crippen LogP contribution is 2.27. The van der Waals surface area contributed by atoms with Crippen LogP contribution < -0.4 is 0 Å². The number of nitro groups is 1.